The molecular formula is C56H52N4OPt-2. The Balaban J connectivity index is 0.00000529. The molecule has 0 bridgehead atoms. The van der Waals surface area contributed by atoms with Crippen molar-refractivity contribution in [1.29, 1.82) is 0 Å². The Bertz CT molecular complexity index is 2990. The first-order chi connectivity index (χ1) is 29.1. The molecule has 0 atom stereocenters. The first kappa shape index (κ1) is 42.7. The van der Waals surface area contributed by atoms with E-state index in [1.54, 1.807) is 0 Å². The number of aromatic nitrogens is 4. The van der Waals surface area contributed by atoms with Gasteiger partial charge in [-0.25, -0.2) is 4.98 Å². The minimum absolute atomic E-state index is 0. The molecule has 0 aliphatic rings. The fraction of sp³-hybridized carbons (Fsp3) is 0.214. The van der Waals surface area contributed by atoms with E-state index in [1.165, 1.54) is 33.4 Å². The predicted molar refractivity (Wildman–Crippen MR) is 249 cm³/mol. The number of nitrogens with zero attached hydrogens (tertiary/aromatic N) is 4. The molecule has 5 nitrogen and oxygen atoms in total. The Kier molecular flexibility index (Phi) is 11.2. The molecule has 0 saturated heterocycles. The molecule has 0 radical (unpaired) electrons. The second-order valence-corrected chi connectivity index (χ2v) is 19.1. The van der Waals surface area contributed by atoms with E-state index in [4.69, 9.17) is 9.72 Å². The van der Waals surface area contributed by atoms with Crippen LogP contribution < -0.4 is 9.30 Å². The van der Waals surface area contributed by atoms with Crippen molar-refractivity contribution in [2.75, 3.05) is 0 Å². The van der Waals surface area contributed by atoms with Crippen molar-refractivity contribution in [2.24, 2.45) is 0 Å². The molecule has 0 aliphatic heterocycles. The van der Waals surface area contributed by atoms with Crippen LogP contribution in [0.25, 0.3) is 61.3 Å². The maximum absolute atomic E-state index is 6.60. The summed E-state index contributed by atoms with van der Waals surface area (Å²) in [4.78, 5) is 4.85. The van der Waals surface area contributed by atoms with E-state index >= 15 is 0 Å². The fourth-order valence-corrected chi connectivity index (χ4v) is 8.41. The maximum atomic E-state index is 6.60. The summed E-state index contributed by atoms with van der Waals surface area (Å²) in [5.74, 6) is 2.04. The maximum Gasteiger partial charge on any atom is 0.267 e. The van der Waals surface area contributed by atoms with E-state index in [1.807, 2.05) is 35.0 Å². The molecule has 0 spiro atoms. The third-order valence-electron chi connectivity index (χ3n) is 11.4. The SMILES string of the molecule is CC(C)(C)c1ccnc(-n2c3[c-]c(Oc4[c-]c(-n5[c-][n+](-c6cc(-c7ccccc7)c(C(C)(C)C)c(-c7ccccc7)c6)c(C(C)(C)C)c5)ccc4)ccc3c3ccccc32)c1.[Pt]. The van der Waals surface area contributed by atoms with Crippen molar-refractivity contribution in [2.45, 2.75) is 78.6 Å². The molecule has 3 heterocycles. The van der Waals surface area contributed by atoms with Crippen LogP contribution in [-0.4, -0.2) is 14.1 Å². The Morgan fingerprint density at radius 1 is 0.581 bits per heavy atom. The molecule has 314 valence electrons. The molecular weight excluding hydrogens is 940 g/mol. The molecule has 6 heteroatoms. The van der Waals surface area contributed by atoms with Gasteiger partial charge in [0.1, 0.15) is 5.82 Å². The van der Waals surface area contributed by atoms with Crippen LogP contribution in [0.15, 0.2) is 152 Å². The van der Waals surface area contributed by atoms with E-state index in [9.17, 15) is 0 Å². The Labute approximate surface area is 381 Å². The van der Waals surface area contributed by atoms with Crippen LogP contribution in [-0.2, 0) is 37.3 Å². The van der Waals surface area contributed by atoms with Gasteiger partial charge in [-0.1, -0.05) is 147 Å². The molecule has 0 unspecified atom stereocenters. The van der Waals surface area contributed by atoms with Gasteiger partial charge in [-0.3, -0.25) is 4.57 Å². The van der Waals surface area contributed by atoms with Crippen LogP contribution in [0.5, 0.6) is 11.5 Å². The summed E-state index contributed by atoms with van der Waals surface area (Å²) in [6.07, 6.45) is 7.81. The smallest absolute Gasteiger partial charge is 0.267 e. The minimum atomic E-state index is -0.206. The molecule has 0 N–H and O–H groups in total. The van der Waals surface area contributed by atoms with Crippen molar-refractivity contribution < 1.29 is 30.4 Å². The van der Waals surface area contributed by atoms with Crippen LogP contribution >= 0.6 is 0 Å². The van der Waals surface area contributed by atoms with Crippen LogP contribution in [0.2, 0.25) is 0 Å². The number of hydrogen-bond donors (Lipinski definition) is 0. The zero-order chi connectivity index (χ0) is 42.7. The number of benzene rings is 6. The summed E-state index contributed by atoms with van der Waals surface area (Å²) < 4.78 is 13.0. The van der Waals surface area contributed by atoms with Crippen LogP contribution in [0.1, 0.15) is 79.1 Å². The van der Waals surface area contributed by atoms with Gasteiger partial charge in [0.05, 0.1) is 11.4 Å². The topological polar surface area (TPSA) is 35.9 Å². The van der Waals surface area contributed by atoms with E-state index in [2.05, 4.69) is 211 Å². The number of imidazole rings is 1. The van der Waals surface area contributed by atoms with Gasteiger partial charge in [0.15, 0.2) is 0 Å². The molecule has 9 aromatic rings. The zero-order valence-corrected chi connectivity index (χ0v) is 39.2. The van der Waals surface area contributed by atoms with Gasteiger partial charge in [0, 0.05) is 50.5 Å². The summed E-state index contributed by atoms with van der Waals surface area (Å²) in [6, 6.07) is 56.2. The van der Waals surface area contributed by atoms with E-state index in [0.717, 1.165) is 44.7 Å². The quantitative estimate of drug-likeness (QED) is 0.118. The molecule has 9 rings (SSSR count). The van der Waals surface area contributed by atoms with Gasteiger partial charge in [-0.15, -0.1) is 29.7 Å². The van der Waals surface area contributed by atoms with Crippen molar-refractivity contribution in [1.82, 2.24) is 14.1 Å². The van der Waals surface area contributed by atoms with Crippen molar-refractivity contribution in [3.63, 3.8) is 0 Å². The molecule has 0 aliphatic carbocycles. The molecule has 0 fully saturated rings. The van der Waals surface area contributed by atoms with Gasteiger partial charge in [-0.2, -0.15) is 18.2 Å². The van der Waals surface area contributed by atoms with Gasteiger partial charge in [0.25, 0.3) is 6.33 Å². The monoisotopic (exact) mass is 991 g/mol. The first-order valence-electron chi connectivity index (χ1n) is 21.1. The van der Waals surface area contributed by atoms with Crippen molar-refractivity contribution in [3.8, 4) is 50.9 Å². The van der Waals surface area contributed by atoms with Crippen molar-refractivity contribution in [3.05, 3.63) is 187 Å². The Morgan fingerprint density at radius 3 is 1.84 bits per heavy atom. The molecule has 3 aromatic heterocycles. The van der Waals surface area contributed by atoms with Gasteiger partial charge in [0.2, 0.25) is 0 Å². The normalized spacial score (nSPS) is 12.1. The largest absolute Gasteiger partial charge is 0.510 e. The van der Waals surface area contributed by atoms with Gasteiger partial charge < -0.3 is 13.9 Å². The van der Waals surface area contributed by atoms with Gasteiger partial charge >= 0.3 is 0 Å². The van der Waals surface area contributed by atoms with Crippen LogP contribution in [0.4, 0.5) is 0 Å². The number of pyridine rings is 1. The van der Waals surface area contributed by atoms with E-state index in [0.29, 0.717) is 11.5 Å². The average Bonchev–Trinajstić information content (AvgIpc) is 3.84. The van der Waals surface area contributed by atoms with E-state index < -0.39 is 0 Å². The van der Waals surface area contributed by atoms with Crippen LogP contribution in [0.3, 0.4) is 0 Å². The molecule has 62 heavy (non-hydrogen) atoms. The summed E-state index contributed by atoms with van der Waals surface area (Å²) in [5, 5.41) is 2.23. The average molecular weight is 992 g/mol. The minimum Gasteiger partial charge on any atom is -0.510 e. The standard InChI is InChI=1S/C56H52N4O.Pt/c1-54(2,3)40-29-30-57-52(31-40)60-49-26-17-16-25-45(49)46-28-27-44(35-50(46)60)61-43-24-18-23-41(32-43)58-36-51(55(4,5)6)59(37-58)42-33-47(38-19-12-10-13-20-38)53(56(7,8)9)48(34-42)39-21-14-11-15-22-39;/h10-31,33-34,36H,1-9H3;/q-2;. The first-order valence-corrected chi connectivity index (χ1v) is 21.1. The van der Waals surface area contributed by atoms with Crippen molar-refractivity contribution >= 4 is 21.8 Å². The summed E-state index contributed by atoms with van der Waals surface area (Å²) in [7, 11) is 0. The zero-order valence-electron chi connectivity index (χ0n) is 36.9. The number of ether oxygens (including phenoxy) is 1. The number of rotatable bonds is 7. The van der Waals surface area contributed by atoms with E-state index in [-0.39, 0.29) is 37.3 Å². The Morgan fingerprint density at radius 2 is 1.21 bits per heavy atom. The third-order valence-corrected chi connectivity index (χ3v) is 11.4. The predicted octanol–water partition coefficient (Wildman–Crippen LogP) is 13.7. The summed E-state index contributed by atoms with van der Waals surface area (Å²) in [5.41, 5.74) is 11.9. The second-order valence-electron chi connectivity index (χ2n) is 19.1. The summed E-state index contributed by atoms with van der Waals surface area (Å²) in [6.45, 7) is 20.3. The Hall–Kier alpha value is -6.03. The fourth-order valence-electron chi connectivity index (χ4n) is 8.41. The number of para-hydroxylation sites is 1. The van der Waals surface area contributed by atoms with Gasteiger partial charge in [-0.05, 0) is 91.0 Å². The molecule has 0 saturated carbocycles. The third kappa shape index (κ3) is 8.19. The molecule has 6 aromatic carbocycles. The number of hydrogen-bond acceptors (Lipinski definition) is 2. The van der Waals surface area contributed by atoms with Crippen LogP contribution in [0, 0.1) is 18.5 Å². The number of fused-ring (bicyclic) bond motifs is 3. The molecule has 0 amide bonds. The summed E-state index contributed by atoms with van der Waals surface area (Å²) >= 11 is 0. The second kappa shape index (κ2) is 16.3.